The van der Waals surface area contributed by atoms with Gasteiger partial charge in [-0.2, -0.15) is 0 Å². The zero-order chi connectivity index (χ0) is 20.7. The second-order valence-corrected chi connectivity index (χ2v) is 6.92. The molecular formula is C22H20F2N4O. The summed E-state index contributed by atoms with van der Waals surface area (Å²) in [4.78, 5) is 8.81. The molecule has 1 N–H and O–H groups in total. The molecule has 0 atom stereocenters. The van der Waals surface area contributed by atoms with Gasteiger partial charge in [0.1, 0.15) is 29.5 Å². The Morgan fingerprint density at radius 3 is 2.38 bits per heavy atom. The van der Waals surface area contributed by atoms with E-state index in [4.69, 9.17) is 4.74 Å². The van der Waals surface area contributed by atoms with Crippen molar-refractivity contribution >= 4 is 22.5 Å². The van der Waals surface area contributed by atoms with Gasteiger partial charge in [-0.25, -0.2) is 18.7 Å². The molecule has 0 aliphatic rings. The lowest BCUT2D eigenvalue weighted by atomic mass is 10.2. The fourth-order valence-corrected chi connectivity index (χ4v) is 3.52. The van der Waals surface area contributed by atoms with Gasteiger partial charge < -0.3 is 10.1 Å². The molecule has 2 heterocycles. The second kappa shape index (κ2) is 7.16. The van der Waals surface area contributed by atoms with Gasteiger partial charge in [-0.05, 0) is 56.2 Å². The van der Waals surface area contributed by atoms with Crippen LogP contribution in [-0.4, -0.2) is 21.6 Å². The van der Waals surface area contributed by atoms with Crippen LogP contribution < -0.4 is 10.1 Å². The number of hydrogen-bond donors (Lipinski definition) is 1. The van der Waals surface area contributed by atoms with E-state index in [1.165, 1.54) is 18.5 Å². The maximum absolute atomic E-state index is 13.8. The maximum atomic E-state index is 13.8. The van der Waals surface area contributed by atoms with Gasteiger partial charge in [0, 0.05) is 11.8 Å². The van der Waals surface area contributed by atoms with Crippen LogP contribution in [0.3, 0.4) is 0 Å². The minimum absolute atomic E-state index is 0.371. The molecule has 7 heteroatoms. The summed E-state index contributed by atoms with van der Waals surface area (Å²) in [6.45, 7) is 5.81. The summed E-state index contributed by atoms with van der Waals surface area (Å²) in [6, 6.07) is 9.23. The van der Waals surface area contributed by atoms with Crippen molar-refractivity contribution in [3.05, 3.63) is 71.2 Å². The summed E-state index contributed by atoms with van der Waals surface area (Å²) in [5, 5.41) is 4.10. The highest BCUT2D eigenvalue weighted by Crippen LogP contribution is 2.35. The molecular weight excluding hydrogens is 374 g/mol. The van der Waals surface area contributed by atoms with Crippen LogP contribution in [0, 0.1) is 32.4 Å². The number of rotatable bonds is 4. The summed E-state index contributed by atoms with van der Waals surface area (Å²) < 4.78 is 34.8. The number of nitrogens with zero attached hydrogens (tertiary/aromatic N) is 3. The zero-order valence-electron chi connectivity index (χ0n) is 16.5. The standard InChI is InChI=1S/C22H20F2N4O/c1-12-5-6-19(29-4)18(7-12)27-21-20-13(2)14(3)28(22(20)26-11-25-21)17-9-15(23)8-16(24)10-17/h5-11H,1-4H3,(H,25,26,27). The van der Waals surface area contributed by atoms with Gasteiger partial charge in [0.25, 0.3) is 0 Å². The first-order chi connectivity index (χ1) is 13.9. The summed E-state index contributed by atoms with van der Waals surface area (Å²) in [6.07, 6.45) is 1.43. The molecule has 4 aromatic rings. The van der Waals surface area contributed by atoms with Gasteiger partial charge in [0.15, 0.2) is 5.65 Å². The van der Waals surface area contributed by atoms with Gasteiger partial charge in [-0.15, -0.1) is 0 Å². The number of anilines is 2. The largest absolute Gasteiger partial charge is 0.495 e. The Labute approximate surface area is 167 Å². The lowest BCUT2D eigenvalue weighted by molar-refractivity contribution is 0.416. The predicted molar refractivity (Wildman–Crippen MR) is 109 cm³/mol. The third kappa shape index (κ3) is 3.29. The highest BCUT2D eigenvalue weighted by atomic mass is 19.1. The van der Waals surface area contributed by atoms with E-state index in [9.17, 15) is 8.78 Å². The van der Waals surface area contributed by atoms with Crippen LogP contribution in [-0.2, 0) is 0 Å². The number of fused-ring (bicyclic) bond motifs is 1. The molecule has 0 fully saturated rings. The van der Waals surface area contributed by atoms with Crippen molar-refractivity contribution < 1.29 is 13.5 Å². The number of hydrogen-bond acceptors (Lipinski definition) is 4. The number of aromatic nitrogens is 3. The van der Waals surface area contributed by atoms with Crippen molar-refractivity contribution in [3.63, 3.8) is 0 Å². The molecule has 2 aromatic heterocycles. The highest BCUT2D eigenvalue weighted by molar-refractivity contribution is 5.94. The number of halogens is 2. The first-order valence-corrected chi connectivity index (χ1v) is 9.09. The lowest BCUT2D eigenvalue weighted by Crippen LogP contribution is -2.01. The Balaban J connectivity index is 1.92. The van der Waals surface area contributed by atoms with E-state index < -0.39 is 11.6 Å². The predicted octanol–water partition coefficient (Wildman–Crippen LogP) is 5.38. The Morgan fingerprint density at radius 2 is 1.69 bits per heavy atom. The van der Waals surface area contributed by atoms with E-state index in [0.29, 0.717) is 22.9 Å². The SMILES string of the molecule is COc1ccc(C)cc1Nc1ncnc2c1c(C)c(C)n2-c1cc(F)cc(F)c1. The minimum Gasteiger partial charge on any atom is -0.495 e. The molecule has 0 amide bonds. The van der Waals surface area contributed by atoms with E-state index in [1.807, 2.05) is 39.0 Å². The monoisotopic (exact) mass is 394 g/mol. The number of methoxy groups -OCH3 is 1. The molecule has 0 unspecified atom stereocenters. The van der Waals surface area contributed by atoms with Gasteiger partial charge in [0.2, 0.25) is 0 Å². The van der Waals surface area contributed by atoms with Crippen LogP contribution in [0.5, 0.6) is 5.75 Å². The molecule has 0 aliphatic carbocycles. The summed E-state index contributed by atoms with van der Waals surface area (Å²) in [5.74, 6) is -0.00916. The first-order valence-electron chi connectivity index (χ1n) is 9.09. The van der Waals surface area contributed by atoms with Crippen molar-refractivity contribution in [1.29, 1.82) is 0 Å². The van der Waals surface area contributed by atoms with Crippen molar-refractivity contribution in [3.8, 4) is 11.4 Å². The van der Waals surface area contributed by atoms with Gasteiger partial charge in [0.05, 0.1) is 23.9 Å². The Morgan fingerprint density at radius 1 is 0.966 bits per heavy atom. The fourth-order valence-electron chi connectivity index (χ4n) is 3.52. The molecule has 0 spiro atoms. The molecule has 4 rings (SSSR count). The molecule has 0 saturated carbocycles. The first kappa shape index (κ1) is 18.9. The van der Waals surface area contributed by atoms with E-state index in [2.05, 4.69) is 15.3 Å². The smallest absolute Gasteiger partial charge is 0.150 e. The third-order valence-electron chi connectivity index (χ3n) is 5.01. The van der Waals surface area contributed by atoms with E-state index in [0.717, 1.165) is 34.0 Å². The average Bonchev–Trinajstić information content (AvgIpc) is 2.93. The summed E-state index contributed by atoms with van der Waals surface area (Å²) in [7, 11) is 1.61. The number of nitrogens with one attached hydrogen (secondary N) is 1. The van der Waals surface area contributed by atoms with Crippen molar-refractivity contribution in [2.75, 3.05) is 12.4 Å². The van der Waals surface area contributed by atoms with Crippen molar-refractivity contribution in [2.45, 2.75) is 20.8 Å². The molecule has 148 valence electrons. The second-order valence-electron chi connectivity index (χ2n) is 6.92. The minimum atomic E-state index is -0.643. The highest BCUT2D eigenvalue weighted by Gasteiger charge is 2.19. The topological polar surface area (TPSA) is 52.0 Å². The van der Waals surface area contributed by atoms with Crippen LogP contribution in [0.25, 0.3) is 16.7 Å². The normalized spacial score (nSPS) is 11.1. The number of benzene rings is 2. The Kier molecular flexibility index (Phi) is 4.66. The van der Waals surface area contributed by atoms with Gasteiger partial charge >= 0.3 is 0 Å². The summed E-state index contributed by atoms with van der Waals surface area (Å²) in [5.41, 5.74) is 4.52. The van der Waals surface area contributed by atoms with Crippen LogP contribution >= 0.6 is 0 Å². The molecule has 0 saturated heterocycles. The fraction of sp³-hybridized carbons (Fsp3) is 0.182. The van der Waals surface area contributed by atoms with Crippen LogP contribution in [0.2, 0.25) is 0 Å². The molecule has 0 aliphatic heterocycles. The molecule has 0 radical (unpaired) electrons. The Hall–Kier alpha value is -3.48. The van der Waals surface area contributed by atoms with E-state index in [-0.39, 0.29) is 0 Å². The molecule has 2 aromatic carbocycles. The third-order valence-corrected chi connectivity index (χ3v) is 5.01. The Bertz CT molecular complexity index is 1210. The number of aryl methyl sites for hydroxylation is 2. The van der Waals surface area contributed by atoms with E-state index in [1.54, 1.807) is 11.7 Å². The maximum Gasteiger partial charge on any atom is 0.150 e. The molecule has 5 nitrogen and oxygen atoms in total. The van der Waals surface area contributed by atoms with Crippen LogP contribution in [0.1, 0.15) is 16.8 Å². The van der Waals surface area contributed by atoms with Gasteiger partial charge in [-0.1, -0.05) is 6.07 Å². The van der Waals surface area contributed by atoms with Crippen LogP contribution in [0.4, 0.5) is 20.3 Å². The molecule has 29 heavy (non-hydrogen) atoms. The van der Waals surface area contributed by atoms with Crippen molar-refractivity contribution in [2.24, 2.45) is 0 Å². The quantitative estimate of drug-likeness (QED) is 0.505. The summed E-state index contributed by atoms with van der Waals surface area (Å²) >= 11 is 0. The molecule has 0 bridgehead atoms. The average molecular weight is 394 g/mol. The van der Waals surface area contributed by atoms with Gasteiger partial charge in [-0.3, -0.25) is 4.57 Å². The zero-order valence-corrected chi connectivity index (χ0v) is 16.5. The number of ether oxygens (including phenoxy) is 1. The van der Waals surface area contributed by atoms with E-state index >= 15 is 0 Å². The van der Waals surface area contributed by atoms with Crippen LogP contribution in [0.15, 0.2) is 42.7 Å². The van der Waals surface area contributed by atoms with Crippen molar-refractivity contribution in [1.82, 2.24) is 14.5 Å². The lowest BCUT2D eigenvalue weighted by Gasteiger charge is -2.12.